The Morgan fingerprint density at radius 2 is 0.506 bits per heavy atom. The molecule has 0 fully saturated rings. The zero-order valence-electron chi connectivity index (χ0n) is 53.0. The molecular formula is C75H126O6. The van der Waals surface area contributed by atoms with E-state index in [1.165, 1.54) is 167 Å². The molecule has 0 aromatic heterocycles. The average Bonchev–Trinajstić information content (AvgIpc) is 3.46. The van der Waals surface area contributed by atoms with Crippen molar-refractivity contribution in [3.8, 4) is 0 Å². The van der Waals surface area contributed by atoms with Gasteiger partial charge in [-0.2, -0.15) is 0 Å². The number of rotatable bonds is 61. The number of hydrogen-bond acceptors (Lipinski definition) is 6. The third-order valence-electron chi connectivity index (χ3n) is 14.4. The molecule has 0 saturated heterocycles. The minimum absolute atomic E-state index is 0.111. The highest BCUT2D eigenvalue weighted by atomic mass is 16.6. The topological polar surface area (TPSA) is 78.9 Å². The lowest BCUT2D eigenvalue weighted by Gasteiger charge is -2.18. The van der Waals surface area contributed by atoms with Crippen LogP contribution in [-0.4, -0.2) is 37.2 Å². The smallest absolute Gasteiger partial charge is 0.306 e. The lowest BCUT2D eigenvalue weighted by molar-refractivity contribution is -0.166. The second-order valence-electron chi connectivity index (χ2n) is 22.3. The highest BCUT2D eigenvalue weighted by molar-refractivity contribution is 5.71. The number of unbranched alkanes of at least 4 members (excludes halogenated alkanes) is 30. The van der Waals surface area contributed by atoms with Gasteiger partial charge in [0.1, 0.15) is 13.2 Å². The maximum absolute atomic E-state index is 12.9. The summed E-state index contributed by atoms with van der Waals surface area (Å²) in [5, 5.41) is 0. The Kier molecular flexibility index (Phi) is 64.8. The first kappa shape index (κ1) is 76.8. The molecule has 0 radical (unpaired) electrons. The van der Waals surface area contributed by atoms with E-state index in [1.54, 1.807) is 0 Å². The zero-order valence-corrected chi connectivity index (χ0v) is 53.0. The molecule has 0 heterocycles. The summed E-state index contributed by atoms with van der Waals surface area (Å²) in [7, 11) is 0. The molecule has 0 rings (SSSR count). The lowest BCUT2D eigenvalue weighted by Crippen LogP contribution is -2.30. The molecule has 0 aliphatic rings. The van der Waals surface area contributed by atoms with Crippen molar-refractivity contribution in [2.24, 2.45) is 0 Å². The molecule has 0 aliphatic heterocycles. The predicted molar refractivity (Wildman–Crippen MR) is 353 cm³/mol. The van der Waals surface area contributed by atoms with Gasteiger partial charge in [-0.25, -0.2) is 0 Å². The van der Waals surface area contributed by atoms with Crippen LogP contribution < -0.4 is 0 Å². The molecule has 0 amide bonds. The number of ether oxygens (including phenoxy) is 3. The largest absolute Gasteiger partial charge is 0.462 e. The molecule has 6 heteroatoms. The Morgan fingerprint density at radius 1 is 0.259 bits per heavy atom. The van der Waals surface area contributed by atoms with Gasteiger partial charge in [-0.3, -0.25) is 14.4 Å². The molecule has 0 aliphatic carbocycles. The first-order valence-corrected chi connectivity index (χ1v) is 34.0. The zero-order chi connectivity index (χ0) is 58.5. The number of carbonyl (C=O) groups is 3. The van der Waals surface area contributed by atoms with Gasteiger partial charge < -0.3 is 14.2 Å². The summed E-state index contributed by atoms with van der Waals surface area (Å²) in [6, 6.07) is 0. The van der Waals surface area contributed by atoms with E-state index in [-0.39, 0.29) is 31.6 Å². The van der Waals surface area contributed by atoms with Crippen LogP contribution in [0.2, 0.25) is 0 Å². The normalized spacial score (nSPS) is 12.9. The lowest BCUT2D eigenvalue weighted by atomic mass is 10.0. The summed E-state index contributed by atoms with van der Waals surface area (Å²) in [6.07, 6.45) is 95.2. The Bertz CT molecular complexity index is 1670. The van der Waals surface area contributed by atoms with Crippen molar-refractivity contribution < 1.29 is 28.6 Å². The molecule has 0 spiro atoms. The summed E-state index contributed by atoms with van der Waals surface area (Å²) in [5.41, 5.74) is 0. The fourth-order valence-electron chi connectivity index (χ4n) is 9.35. The molecule has 0 N–H and O–H groups in total. The maximum atomic E-state index is 12.9. The van der Waals surface area contributed by atoms with Crippen LogP contribution >= 0.6 is 0 Å². The Morgan fingerprint density at radius 3 is 0.827 bits per heavy atom. The molecule has 1 unspecified atom stereocenters. The van der Waals surface area contributed by atoms with Crippen LogP contribution in [0.3, 0.4) is 0 Å². The molecule has 0 aromatic carbocycles. The van der Waals surface area contributed by atoms with Gasteiger partial charge in [0.25, 0.3) is 0 Å². The second-order valence-corrected chi connectivity index (χ2v) is 22.3. The average molecular weight is 1120 g/mol. The molecular weight excluding hydrogens is 997 g/mol. The van der Waals surface area contributed by atoms with Gasteiger partial charge in [0, 0.05) is 19.3 Å². The van der Waals surface area contributed by atoms with E-state index in [1.807, 2.05) is 6.08 Å². The number of carbonyl (C=O) groups excluding carboxylic acids is 3. The molecule has 0 aromatic rings. The fraction of sp³-hybridized carbons (Fsp3) is 0.693. The van der Waals surface area contributed by atoms with Crippen molar-refractivity contribution in [3.05, 3.63) is 122 Å². The Hall–Kier alpha value is -4.19. The number of hydrogen-bond donors (Lipinski definition) is 0. The SMILES string of the molecule is CC/C=C\C/C=C\C/C=C\C/C=C\C/C=C\C/C=C\CCC(=O)OC(COC(=O)CCCCCCC/C=C\CCCCCC)COC(=O)CCCCCCCCCCCCCCCCCC/C=C\C/C=C\C/C=C\CCCCCCC. The molecule has 462 valence electrons. The molecule has 81 heavy (non-hydrogen) atoms. The van der Waals surface area contributed by atoms with Gasteiger partial charge in [0.15, 0.2) is 6.10 Å². The van der Waals surface area contributed by atoms with Gasteiger partial charge >= 0.3 is 17.9 Å². The minimum Gasteiger partial charge on any atom is -0.462 e. The highest BCUT2D eigenvalue weighted by Crippen LogP contribution is 2.16. The van der Waals surface area contributed by atoms with Crippen LogP contribution in [0.15, 0.2) is 122 Å². The van der Waals surface area contributed by atoms with Crippen LogP contribution in [0.4, 0.5) is 0 Å². The number of esters is 3. The van der Waals surface area contributed by atoms with Crippen LogP contribution in [0, 0.1) is 0 Å². The van der Waals surface area contributed by atoms with Crippen molar-refractivity contribution in [3.63, 3.8) is 0 Å². The first-order valence-electron chi connectivity index (χ1n) is 34.0. The van der Waals surface area contributed by atoms with Crippen molar-refractivity contribution in [1.82, 2.24) is 0 Å². The van der Waals surface area contributed by atoms with Gasteiger partial charge in [-0.15, -0.1) is 0 Å². The van der Waals surface area contributed by atoms with E-state index in [4.69, 9.17) is 14.2 Å². The van der Waals surface area contributed by atoms with Crippen molar-refractivity contribution in [2.45, 2.75) is 322 Å². The first-order chi connectivity index (χ1) is 40.0. The van der Waals surface area contributed by atoms with E-state index < -0.39 is 12.1 Å². The number of allylic oxidation sites excluding steroid dienone is 20. The molecule has 0 bridgehead atoms. The third-order valence-corrected chi connectivity index (χ3v) is 14.4. The quantitative estimate of drug-likeness (QED) is 0.0261. The van der Waals surface area contributed by atoms with E-state index in [0.717, 1.165) is 103 Å². The standard InChI is InChI=1S/C75H126O6/c1-4-7-10-13-16-19-22-25-27-29-31-32-33-34-35-36-37-38-39-40-41-42-44-45-47-50-53-56-59-62-65-68-74(77)80-71-72(70-79-73(76)67-64-61-58-55-52-49-24-21-18-15-12-9-6-3)81-75(78)69-66-63-60-57-54-51-48-46-43-30-28-26-23-20-17-14-11-8-5-2/h8,11,17,20-22,24-26,28-29,31,33-34,43,46,51,54,60,63,72H,4-7,9-10,12-16,18-19,23,27,30,32,35-42,44-45,47-50,52-53,55-59,61-62,64-71H2,1-3H3/b11-8-,20-17-,24-21-,25-22-,28-26-,31-29-,34-33-,46-43-,54-51-,63-60-. The van der Waals surface area contributed by atoms with Gasteiger partial charge in [-0.05, 0) is 122 Å². The fourth-order valence-corrected chi connectivity index (χ4v) is 9.35. The van der Waals surface area contributed by atoms with E-state index in [2.05, 4.69) is 136 Å². The molecule has 1 atom stereocenters. The Labute approximate surface area is 501 Å². The maximum Gasteiger partial charge on any atom is 0.306 e. The summed E-state index contributed by atoms with van der Waals surface area (Å²) in [6.45, 7) is 6.45. The van der Waals surface area contributed by atoms with E-state index in [0.29, 0.717) is 19.3 Å². The van der Waals surface area contributed by atoms with Gasteiger partial charge in [0.05, 0.1) is 0 Å². The van der Waals surface area contributed by atoms with Crippen molar-refractivity contribution in [1.29, 1.82) is 0 Å². The summed E-state index contributed by atoms with van der Waals surface area (Å²) in [5.74, 6) is -0.999. The van der Waals surface area contributed by atoms with Crippen molar-refractivity contribution in [2.75, 3.05) is 13.2 Å². The van der Waals surface area contributed by atoms with Crippen LogP contribution in [0.5, 0.6) is 0 Å². The monoisotopic (exact) mass is 1120 g/mol. The molecule has 6 nitrogen and oxygen atoms in total. The highest BCUT2D eigenvalue weighted by Gasteiger charge is 2.19. The third kappa shape index (κ3) is 66.5. The van der Waals surface area contributed by atoms with Crippen LogP contribution in [0.1, 0.15) is 316 Å². The molecule has 0 saturated carbocycles. The Balaban J connectivity index is 4.31. The summed E-state index contributed by atoms with van der Waals surface area (Å²) in [4.78, 5) is 38.3. The van der Waals surface area contributed by atoms with Gasteiger partial charge in [-0.1, -0.05) is 296 Å². The van der Waals surface area contributed by atoms with Crippen molar-refractivity contribution >= 4 is 17.9 Å². The van der Waals surface area contributed by atoms with Crippen LogP contribution in [0.25, 0.3) is 0 Å². The van der Waals surface area contributed by atoms with E-state index in [9.17, 15) is 14.4 Å². The van der Waals surface area contributed by atoms with E-state index >= 15 is 0 Å². The summed E-state index contributed by atoms with van der Waals surface area (Å²) >= 11 is 0. The van der Waals surface area contributed by atoms with Crippen LogP contribution in [-0.2, 0) is 28.6 Å². The minimum atomic E-state index is -0.825. The second kappa shape index (κ2) is 68.3. The van der Waals surface area contributed by atoms with Gasteiger partial charge in [0.2, 0.25) is 0 Å². The predicted octanol–water partition coefficient (Wildman–Crippen LogP) is 23.6. The summed E-state index contributed by atoms with van der Waals surface area (Å²) < 4.78 is 16.9.